The van der Waals surface area contributed by atoms with Crippen LogP contribution in [0.3, 0.4) is 0 Å². The number of terminal acetylenes is 1. The van der Waals surface area contributed by atoms with Gasteiger partial charge in [-0.15, -0.1) is 6.42 Å². The number of rotatable bonds is 7. The Labute approximate surface area is 222 Å². The molecule has 2 aliphatic rings. The molecule has 3 amide bonds. The Kier molecular flexibility index (Phi) is 9.19. The average Bonchev–Trinajstić information content (AvgIpc) is 2.93. The summed E-state index contributed by atoms with van der Waals surface area (Å²) in [6, 6.07) is 15.2. The van der Waals surface area contributed by atoms with Gasteiger partial charge in [0.1, 0.15) is 0 Å². The molecule has 198 valence electrons. The van der Waals surface area contributed by atoms with Crippen molar-refractivity contribution in [2.75, 3.05) is 58.6 Å². The molecular formula is C28H37N5O3S. The van der Waals surface area contributed by atoms with Gasteiger partial charge in [0.05, 0.1) is 24.1 Å². The van der Waals surface area contributed by atoms with E-state index in [0.717, 1.165) is 25.9 Å². The maximum absolute atomic E-state index is 13.1. The summed E-state index contributed by atoms with van der Waals surface area (Å²) in [5, 5.41) is 5.20. The highest BCUT2D eigenvalue weighted by atomic mass is 32.2. The van der Waals surface area contributed by atoms with E-state index in [2.05, 4.69) is 65.5 Å². The lowest BCUT2D eigenvalue weighted by Crippen LogP contribution is -2.55. The fourth-order valence-corrected chi connectivity index (χ4v) is 6.36. The van der Waals surface area contributed by atoms with Crippen molar-refractivity contribution in [1.29, 1.82) is 0 Å². The van der Waals surface area contributed by atoms with E-state index >= 15 is 0 Å². The number of nitrogens with one attached hydrogen (secondary N) is 1. The third-order valence-electron chi connectivity index (χ3n) is 7.61. The van der Waals surface area contributed by atoms with Gasteiger partial charge in [-0.1, -0.05) is 48.4 Å². The second kappa shape index (κ2) is 12.5. The first-order valence-corrected chi connectivity index (χ1v) is 14.5. The summed E-state index contributed by atoms with van der Waals surface area (Å²) in [7, 11) is -1.25. The SMILES string of the molecule is C#CCNC(=O)N1CCN(C(=O)CN(C2CCN(C(C)c3cccc4ccccc34)CC2)S(C)=O)CC1. The van der Waals surface area contributed by atoms with Crippen LogP contribution in [0.15, 0.2) is 42.5 Å². The van der Waals surface area contributed by atoms with Crippen molar-refractivity contribution in [3.05, 3.63) is 48.0 Å². The fourth-order valence-electron chi connectivity index (χ4n) is 5.43. The molecule has 2 fully saturated rings. The molecule has 0 spiro atoms. The van der Waals surface area contributed by atoms with Crippen LogP contribution in [0, 0.1) is 12.3 Å². The quantitative estimate of drug-likeness (QED) is 0.566. The van der Waals surface area contributed by atoms with E-state index < -0.39 is 11.0 Å². The normalized spacial score (nSPS) is 19.0. The summed E-state index contributed by atoms with van der Waals surface area (Å²) in [5.74, 6) is 2.35. The fraction of sp³-hybridized carbons (Fsp3) is 0.500. The largest absolute Gasteiger partial charge is 0.338 e. The summed E-state index contributed by atoms with van der Waals surface area (Å²) in [6.07, 6.45) is 8.59. The number of nitrogens with zero attached hydrogens (tertiary/aromatic N) is 4. The molecule has 2 atom stereocenters. The van der Waals surface area contributed by atoms with E-state index in [4.69, 9.17) is 6.42 Å². The van der Waals surface area contributed by atoms with Crippen molar-refractivity contribution in [1.82, 2.24) is 24.3 Å². The van der Waals surface area contributed by atoms with Gasteiger partial charge in [0.15, 0.2) is 0 Å². The molecule has 2 aromatic rings. The molecule has 0 bridgehead atoms. The number of urea groups is 1. The highest BCUT2D eigenvalue weighted by Crippen LogP contribution is 2.31. The number of carbonyl (C=O) groups excluding carboxylic acids is 2. The second-order valence-electron chi connectivity index (χ2n) is 9.74. The smallest absolute Gasteiger partial charge is 0.318 e. The van der Waals surface area contributed by atoms with Gasteiger partial charge >= 0.3 is 6.03 Å². The van der Waals surface area contributed by atoms with Crippen molar-refractivity contribution in [3.63, 3.8) is 0 Å². The van der Waals surface area contributed by atoms with Crippen LogP contribution in [0.1, 0.15) is 31.4 Å². The van der Waals surface area contributed by atoms with Crippen molar-refractivity contribution >= 4 is 33.7 Å². The Morgan fingerprint density at radius 3 is 2.38 bits per heavy atom. The van der Waals surface area contributed by atoms with Crippen molar-refractivity contribution in [2.24, 2.45) is 0 Å². The third kappa shape index (κ3) is 6.50. The Balaban J connectivity index is 1.31. The first-order valence-electron chi connectivity index (χ1n) is 12.9. The summed E-state index contributed by atoms with van der Waals surface area (Å²) >= 11 is 0. The van der Waals surface area contributed by atoms with Crippen molar-refractivity contribution in [3.8, 4) is 12.3 Å². The van der Waals surface area contributed by atoms with E-state index in [-0.39, 0.29) is 37.1 Å². The zero-order chi connectivity index (χ0) is 26.4. The molecule has 2 aromatic carbocycles. The molecule has 2 unspecified atom stereocenters. The second-order valence-corrected chi connectivity index (χ2v) is 11.1. The van der Waals surface area contributed by atoms with Crippen LogP contribution in [0.4, 0.5) is 4.79 Å². The molecule has 1 N–H and O–H groups in total. The standard InChI is InChI=1S/C28H37N5O3S/c1-4-14-29-28(35)32-19-17-31(18-20-32)27(34)21-33(37(3)36)24-12-15-30(16-13-24)22(2)25-11-7-9-23-8-5-6-10-26(23)25/h1,5-11,22,24H,12-21H2,2-3H3,(H,29,35). The van der Waals surface area contributed by atoms with Gasteiger partial charge in [0, 0.05) is 57.6 Å². The molecule has 2 aliphatic heterocycles. The number of benzene rings is 2. The first kappa shape index (κ1) is 27.1. The van der Waals surface area contributed by atoms with Crippen molar-refractivity contribution in [2.45, 2.75) is 31.8 Å². The van der Waals surface area contributed by atoms with Gasteiger partial charge < -0.3 is 15.1 Å². The van der Waals surface area contributed by atoms with Gasteiger partial charge in [0.25, 0.3) is 0 Å². The van der Waals surface area contributed by atoms with Gasteiger partial charge in [-0.2, -0.15) is 0 Å². The molecule has 9 heteroatoms. The van der Waals surface area contributed by atoms with E-state index in [0.29, 0.717) is 26.2 Å². The molecule has 2 saturated heterocycles. The lowest BCUT2D eigenvalue weighted by Gasteiger charge is -2.41. The summed E-state index contributed by atoms with van der Waals surface area (Å²) in [4.78, 5) is 31.1. The van der Waals surface area contributed by atoms with Crippen LogP contribution >= 0.6 is 0 Å². The Morgan fingerprint density at radius 1 is 1.05 bits per heavy atom. The lowest BCUT2D eigenvalue weighted by molar-refractivity contribution is -0.133. The predicted octanol–water partition coefficient (Wildman–Crippen LogP) is 2.45. The number of piperazine rings is 1. The summed E-state index contributed by atoms with van der Waals surface area (Å²) < 4.78 is 14.5. The number of amides is 3. The van der Waals surface area contributed by atoms with E-state index in [1.54, 1.807) is 16.1 Å². The minimum atomic E-state index is -1.25. The van der Waals surface area contributed by atoms with Crippen LogP contribution in [-0.4, -0.2) is 99.8 Å². The highest BCUT2D eigenvalue weighted by Gasteiger charge is 2.32. The van der Waals surface area contributed by atoms with Gasteiger partial charge in [-0.3, -0.25) is 9.69 Å². The minimum Gasteiger partial charge on any atom is -0.338 e. The molecule has 0 aromatic heterocycles. The number of hydrogen-bond donors (Lipinski definition) is 1. The Bertz CT molecular complexity index is 1160. The predicted molar refractivity (Wildman–Crippen MR) is 148 cm³/mol. The van der Waals surface area contributed by atoms with E-state index in [1.807, 2.05) is 4.31 Å². The molecule has 2 heterocycles. The zero-order valence-corrected chi connectivity index (χ0v) is 22.6. The molecule has 37 heavy (non-hydrogen) atoms. The third-order valence-corrected chi connectivity index (χ3v) is 8.70. The number of piperidine rings is 1. The van der Waals surface area contributed by atoms with Crippen LogP contribution < -0.4 is 5.32 Å². The van der Waals surface area contributed by atoms with Crippen LogP contribution in [-0.2, 0) is 15.8 Å². The number of likely N-dealkylation sites (tertiary alicyclic amines) is 1. The van der Waals surface area contributed by atoms with Crippen molar-refractivity contribution < 1.29 is 13.8 Å². The van der Waals surface area contributed by atoms with Crippen LogP contribution in [0.5, 0.6) is 0 Å². The summed E-state index contributed by atoms with van der Waals surface area (Å²) in [6.45, 7) is 6.22. The molecule has 0 aliphatic carbocycles. The minimum absolute atomic E-state index is 0.0366. The lowest BCUT2D eigenvalue weighted by atomic mass is 9.96. The number of hydrogen-bond acceptors (Lipinski definition) is 4. The number of fused-ring (bicyclic) bond motifs is 1. The van der Waals surface area contributed by atoms with Gasteiger partial charge in [0.2, 0.25) is 5.91 Å². The zero-order valence-electron chi connectivity index (χ0n) is 21.8. The highest BCUT2D eigenvalue weighted by molar-refractivity contribution is 7.81. The molecule has 0 saturated carbocycles. The molecule has 0 radical (unpaired) electrons. The maximum atomic E-state index is 13.1. The van der Waals surface area contributed by atoms with Crippen LogP contribution in [0.2, 0.25) is 0 Å². The molecule has 4 rings (SSSR count). The molecular weight excluding hydrogens is 486 g/mol. The van der Waals surface area contributed by atoms with Crippen LogP contribution in [0.25, 0.3) is 10.8 Å². The average molecular weight is 524 g/mol. The number of carbonyl (C=O) groups is 2. The Morgan fingerprint density at radius 2 is 1.70 bits per heavy atom. The Hall–Kier alpha value is -2.93. The van der Waals surface area contributed by atoms with E-state index in [9.17, 15) is 13.8 Å². The monoisotopic (exact) mass is 523 g/mol. The topological polar surface area (TPSA) is 76.2 Å². The van der Waals surface area contributed by atoms with Gasteiger partial charge in [-0.25, -0.2) is 13.3 Å². The van der Waals surface area contributed by atoms with Gasteiger partial charge in [-0.05, 0) is 36.1 Å². The maximum Gasteiger partial charge on any atom is 0.318 e. The van der Waals surface area contributed by atoms with E-state index in [1.165, 1.54) is 16.3 Å². The molecule has 8 nitrogen and oxygen atoms in total. The summed E-state index contributed by atoms with van der Waals surface area (Å²) in [5.41, 5.74) is 1.33. The first-order chi connectivity index (χ1) is 17.9.